The first-order valence-electron chi connectivity index (χ1n) is 7.54. The van der Waals surface area contributed by atoms with Crippen LogP contribution < -0.4 is 16.1 Å². The highest BCUT2D eigenvalue weighted by atomic mass is 16.2. The fourth-order valence-electron chi connectivity index (χ4n) is 3.04. The minimum atomic E-state index is -1.13. The van der Waals surface area contributed by atoms with Crippen molar-refractivity contribution >= 4 is 31.2 Å². The molecule has 1 heterocycles. The van der Waals surface area contributed by atoms with E-state index in [-0.39, 0.29) is 12.3 Å². The van der Waals surface area contributed by atoms with Gasteiger partial charge in [-0.05, 0) is 18.1 Å². The Kier molecular flexibility index (Phi) is 4.05. The largest absolute Gasteiger partial charge is 0.314 e. The summed E-state index contributed by atoms with van der Waals surface area (Å²) in [5.41, 5.74) is 8.51. The first-order chi connectivity index (χ1) is 11.1. The number of fused-ring (bicyclic) bond motifs is 1. The van der Waals surface area contributed by atoms with Crippen LogP contribution in [0.15, 0.2) is 48.5 Å². The van der Waals surface area contributed by atoms with E-state index in [1.807, 2.05) is 48.5 Å². The van der Waals surface area contributed by atoms with Gasteiger partial charge in [0.05, 0.1) is 6.54 Å². The summed E-state index contributed by atoms with van der Waals surface area (Å²) in [4.78, 5) is 25.3. The van der Waals surface area contributed by atoms with Gasteiger partial charge in [-0.2, -0.15) is 0 Å². The van der Waals surface area contributed by atoms with Gasteiger partial charge in [-0.15, -0.1) is 0 Å². The highest BCUT2D eigenvalue weighted by molar-refractivity contribution is 6.32. The number of carbonyl (C=O) groups is 2. The van der Waals surface area contributed by atoms with Crippen molar-refractivity contribution < 1.29 is 9.59 Å². The van der Waals surface area contributed by atoms with Crippen LogP contribution in [0.3, 0.4) is 0 Å². The number of amides is 1. The van der Waals surface area contributed by atoms with Gasteiger partial charge in [0.2, 0.25) is 0 Å². The molecule has 4 nitrogen and oxygen atoms in total. The molecular weight excluding hydrogens is 287 g/mol. The third kappa shape index (κ3) is 2.68. The lowest BCUT2D eigenvalue weighted by molar-refractivity contribution is -0.123. The van der Waals surface area contributed by atoms with Crippen molar-refractivity contribution in [1.29, 1.82) is 0 Å². The van der Waals surface area contributed by atoms with Crippen molar-refractivity contribution in [2.24, 2.45) is 5.73 Å². The molecule has 0 spiro atoms. The van der Waals surface area contributed by atoms with Gasteiger partial charge in [-0.1, -0.05) is 47.9 Å². The van der Waals surface area contributed by atoms with E-state index in [4.69, 9.17) is 13.6 Å². The zero-order valence-electron chi connectivity index (χ0n) is 12.7. The average Bonchev–Trinajstić information content (AvgIpc) is 2.78. The SMILES string of the molecule is [B]c1ccc(CN2C(=O)C(N)(CCC=O)c3ccccc32)cc1. The highest BCUT2D eigenvalue weighted by Crippen LogP contribution is 2.41. The Morgan fingerprint density at radius 1 is 1.13 bits per heavy atom. The molecule has 1 unspecified atom stereocenters. The Morgan fingerprint density at radius 3 is 2.52 bits per heavy atom. The van der Waals surface area contributed by atoms with E-state index in [0.717, 1.165) is 23.1 Å². The second-order valence-corrected chi connectivity index (χ2v) is 5.83. The van der Waals surface area contributed by atoms with Crippen LogP contribution in [0.1, 0.15) is 24.0 Å². The number of hydrogen-bond donors (Lipinski definition) is 1. The van der Waals surface area contributed by atoms with Crippen LogP contribution in [0, 0.1) is 0 Å². The molecule has 0 saturated carbocycles. The van der Waals surface area contributed by atoms with Crippen LogP contribution in [-0.4, -0.2) is 20.0 Å². The molecule has 0 bridgehead atoms. The molecule has 1 aliphatic heterocycles. The summed E-state index contributed by atoms with van der Waals surface area (Å²) in [6.07, 6.45) is 1.37. The zero-order valence-corrected chi connectivity index (χ0v) is 12.7. The molecule has 2 N–H and O–H groups in total. The summed E-state index contributed by atoms with van der Waals surface area (Å²) in [6.45, 7) is 0.427. The average molecular weight is 304 g/mol. The molecule has 1 aliphatic rings. The fourth-order valence-corrected chi connectivity index (χ4v) is 3.04. The predicted molar refractivity (Wildman–Crippen MR) is 90.6 cm³/mol. The van der Waals surface area contributed by atoms with E-state index >= 15 is 0 Å². The maximum Gasteiger partial charge on any atom is 0.252 e. The molecule has 0 aromatic heterocycles. The summed E-state index contributed by atoms with van der Waals surface area (Å²) < 4.78 is 0. The number of carbonyl (C=O) groups excluding carboxylic acids is 2. The molecule has 0 saturated heterocycles. The lowest BCUT2D eigenvalue weighted by Crippen LogP contribution is -2.47. The van der Waals surface area contributed by atoms with E-state index < -0.39 is 5.54 Å². The molecule has 23 heavy (non-hydrogen) atoms. The second kappa shape index (κ2) is 6.01. The number of nitrogens with two attached hydrogens (primary N) is 1. The maximum absolute atomic E-state index is 12.9. The minimum absolute atomic E-state index is 0.169. The highest BCUT2D eigenvalue weighted by Gasteiger charge is 2.47. The lowest BCUT2D eigenvalue weighted by Gasteiger charge is -2.23. The first-order valence-corrected chi connectivity index (χ1v) is 7.54. The fraction of sp³-hybridized carbons (Fsp3) is 0.222. The van der Waals surface area contributed by atoms with E-state index in [2.05, 4.69) is 0 Å². The van der Waals surface area contributed by atoms with Gasteiger partial charge in [0, 0.05) is 17.7 Å². The predicted octanol–water partition coefficient (Wildman–Crippen LogP) is 1.16. The van der Waals surface area contributed by atoms with Crippen LogP contribution in [0.5, 0.6) is 0 Å². The van der Waals surface area contributed by atoms with Crippen molar-refractivity contribution in [3.05, 3.63) is 59.7 Å². The van der Waals surface area contributed by atoms with E-state index in [0.29, 0.717) is 18.4 Å². The molecule has 0 aliphatic carbocycles. The Bertz CT molecular complexity index is 745. The third-order valence-electron chi connectivity index (χ3n) is 4.28. The number of benzene rings is 2. The van der Waals surface area contributed by atoms with E-state index in [1.165, 1.54) is 0 Å². The number of aldehydes is 1. The van der Waals surface area contributed by atoms with Crippen LogP contribution in [0.2, 0.25) is 0 Å². The van der Waals surface area contributed by atoms with Crippen molar-refractivity contribution in [2.75, 3.05) is 4.90 Å². The molecule has 0 fully saturated rings. The van der Waals surface area contributed by atoms with Gasteiger partial charge in [0.1, 0.15) is 19.7 Å². The Morgan fingerprint density at radius 2 is 1.83 bits per heavy atom. The summed E-state index contributed by atoms with van der Waals surface area (Å²) in [6, 6.07) is 14.9. The number of para-hydroxylation sites is 1. The van der Waals surface area contributed by atoms with Gasteiger partial charge in [0.25, 0.3) is 5.91 Å². The van der Waals surface area contributed by atoms with E-state index in [1.54, 1.807) is 4.90 Å². The maximum atomic E-state index is 12.9. The van der Waals surface area contributed by atoms with Crippen molar-refractivity contribution in [2.45, 2.75) is 24.9 Å². The zero-order chi connectivity index (χ0) is 16.4. The normalized spacial score (nSPS) is 19.7. The van der Waals surface area contributed by atoms with Crippen molar-refractivity contribution in [3.63, 3.8) is 0 Å². The van der Waals surface area contributed by atoms with Gasteiger partial charge < -0.3 is 15.4 Å². The van der Waals surface area contributed by atoms with Gasteiger partial charge in [-0.3, -0.25) is 4.79 Å². The molecule has 3 rings (SSSR count). The summed E-state index contributed by atoms with van der Waals surface area (Å²) >= 11 is 0. The number of hydrogen-bond acceptors (Lipinski definition) is 3. The smallest absolute Gasteiger partial charge is 0.252 e. The quantitative estimate of drug-likeness (QED) is 0.666. The Labute approximate surface area is 136 Å². The minimum Gasteiger partial charge on any atom is -0.314 e. The van der Waals surface area contributed by atoms with Gasteiger partial charge >= 0.3 is 0 Å². The number of anilines is 1. The number of nitrogens with zero attached hydrogens (tertiary/aromatic N) is 1. The molecule has 2 aromatic carbocycles. The lowest BCUT2D eigenvalue weighted by atomic mass is 9.88. The first kappa shape index (κ1) is 15.5. The van der Waals surface area contributed by atoms with Crippen molar-refractivity contribution in [3.8, 4) is 0 Å². The topological polar surface area (TPSA) is 63.4 Å². The molecule has 114 valence electrons. The van der Waals surface area contributed by atoms with Crippen LogP contribution in [-0.2, 0) is 21.7 Å². The van der Waals surface area contributed by atoms with Gasteiger partial charge in [0.15, 0.2) is 0 Å². The molecule has 5 heteroatoms. The van der Waals surface area contributed by atoms with E-state index in [9.17, 15) is 9.59 Å². The third-order valence-corrected chi connectivity index (χ3v) is 4.28. The molecule has 1 atom stereocenters. The second-order valence-electron chi connectivity index (χ2n) is 5.83. The Hall–Kier alpha value is -2.40. The Balaban J connectivity index is 1.96. The monoisotopic (exact) mass is 304 g/mol. The molecule has 1 amide bonds. The van der Waals surface area contributed by atoms with Crippen LogP contribution in [0.4, 0.5) is 5.69 Å². The molecule has 2 aromatic rings. The standard InChI is InChI=1S/C18H17BN2O2/c19-14-8-6-13(7-9-14)12-21-16-5-2-1-4-15(16)18(20,17(21)23)10-3-11-22/h1-2,4-9,11H,3,10,12,20H2. The van der Waals surface area contributed by atoms with Gasteiger partial charge in [-0.25, -0.2) is 0 Å². The van der Waals surface area contributed by atoms with Crippen molar-refractivity contribution in [1.82, 2.24) is 0 Å². The molecular formula is C18H17BN2O2. The molecule has 2 radical (unpaired) electrons. The summed E-state index contributed by atoms with van der Waals surface area (Å²) in [5.74, 6) is -0.169. The number of rotatable bonds is 5. The van der Waals surface area contributed by atoms with Crippen LogP contribution in [0.25, 0.3) is 0 Å². The van der Waals surface area contributed by atoms with Crippen LogP contribution >= 0.6 is 0 Å². The summed E-state index contributed by atoms with van der Waals surface area (Å²) in [7, 11) is 5.70. The summed E-state index contributed by atoms with van der Waals surface area (Å²) in [5, 5.41) is 0.